The number of aromatic nitrogens is 4. The minimum absolute atomic E-state index is 0.152. The first kappa shape index (κ1) is 12.0. The molecule has 18 heavy (non-hydrogen) atoms. The number of nitrogens with zero attached hydrogens (tertiary/aromatic N) is 5. The van der Waals surface area contributed by atoms with Crippen LogP contribution in [-0.4, -0.2) is 32.5 Å². The van der Waals surface area contributed by atoms with Gasteiger partial charge in [-0.15, -0.1) is 0 Å². The summed E-state index contributed by atoms with van der Waals surface area (Å²) < 4.78 is 1.92. The number of nitrogens with two attached hydrogens (primary N) is 1. The van der Waals surface area contributed by atoms with E-state index in [4.69, 9.17) is 5.73 Å². The number of hydrogen-bond donors (Lipinski definition) is 1. The largest absolute Gasteiger partial charge is 0.364 e. The predicted octanol–water partition coefficient (Wildman–Crippen LogP) is -0.0546. The van der Waals surface area contributed by atoms with Crippen molar-refractivity contribution < 1.29 is 4.79 Å². The highest BCUT2D eigenvalue weighted by atomic mass is 16.1. The Morgan fingerprint density at radius 1 is 1.50 bits per heavy atom. The fourth-order valence-electron chi connectivity index (χ4n) is 1.50. The molecule has 0 unspecified atom stereocenters. The zero-order valence-corrected chi connectivity index (χ0v) is 10.2. The number of primary amides is 1. The Balaban J connectivity index is 2.18. The smallest absolute Gasteiger partial charge is 0.268 e. The van der Waals surface area contributed by atoms with Crippen LogP contribution < -0.4 is 10.6 Å². The molecule has 0 aliphatic heterocycles. The van der Waals surface area contributed by atoms with Gasteiger partial charge in [-0.1, -0.05) is 0 Å². The SMILES string of the molecule is CN(Cc1nccn1C)c1cncc(C(N)=O)n1. The molecule has 1 amide bonds. The minimum Gasteiger partial charge on any atom is -0.364 e. The van der Waals surface area contributed by atoms with Gasteiger partial charge >= 0.3 is 0 Å². The highest BCUT2D eigenvalue weighted by molar-refractivity contribution is 5.90. The van der Waals surface area contributed by atoms with Crippen molar-refractivity contribution in [2.45, 2.75) is 6.54 Å². The standard InChI is InChI=1S/C11H14N6O/c1-16-4-3-14-10(16)7-17(2)9-6-13-5-8(15-9)11(12)18/h3-6H,7H2,1-2H3,(H2,12,18). The average molecular weight is 246 g/mol. The van der Waals surface area contributed by atoms with Gasteiger partial charge in [-0.2, -0.15) is 0 Å². The highest BCUT2D eigenvalue weighted by Gasteiger charge is 2.10. The molecule has 7 nitrogen and oxygen atoms in total. The first-order valence-electron chi connectivity index (χ1n) is 5.37. The van der Waals surface area contributed by atoms with Crippen LogP contribution >= 0.6 is 0 Å². The number of imidazole rings is 1. The first-order valence-corrected chi connectivity index (χ1v) is 5.37. The number of rotatable bonds is 4. The fourth-order valence-corrected chi connectivity index (χ4v) is 1.50. The van der Waals surface area contributed by atoms with Gasteiger partial charge in [0, 0.05) is 26.5 Å². The van der Waals surface area contributed by atoms with Crippen molar-refractivity contribution in [1.29, 1.82) is 0 Å². The Morgan fingerprint density at radius 2 is 2.28 bits per heavy atom. The molecule has 2 rings (SSSR count). The second-order valence-electron chi connectivity index (χ2n) is 3.94. The van der Waals surface area contributed by atoms with Gasteiger partial charge in [-0.3, -0.25) is 9.78 Å². The van der Waals surface area contributed by atoms with E-state index in [0.717, 1.165) is 5.82 Å². The van der Waals surface area contributed by atoms with E-state index in [2.05, 4.69) is 15.0 Å². The molecule has 0 saturated carbocycles. The van der Waals surface area contributed by atoms with Gasteiger partial charge in [-0.25, -0.2) is 9.97 Å². The summed E-state index contributed by atoms with van der Waals surface area (Å²) in [5.41, 5.74) is 5.32. The summed E-state index contributed by atoms with van der Waals surface area (Å²) >= 11 is 0. The molecule has 0 radical (unpaired) electrons. The van der Waals surface area contributed by atoms with E-state index >= 15 is 0 Å². The van der Waals surface area contributed by atoms with E-state index in [1.165, 1.54) is 6.20 Å². The minimum atomic E-state index is -0.588. The van der Waals surface area contributed by atoms with E-state index in [0.29, 0.717) is 12.4 Å². The van der Waals surface area contributed by atoms with E-state index in [9.17, 15) is 4.79 Å². The molecule has 2 heterocycles. The van der Waals surface area contributed by atoms with Crippen LogP contribution in [-0.2, 0) is 13.6 Å². The maximum absolute atomic E-state index is 11.0. The van der Waals surface area contributed by atoms with Crippen molar-refractivity contribution in [3.8, 4) is 0 Å². The van der Waals surface area contributed by atoms with Gasteiger partial charge in [0.15, 0.2) is 0 Å². The maximum Gasteiger partial charge on any atom is 0.268 e. The molecule has 0 bridgehead atoms. The zero-order chi connectivity index (χ0) is 13.1. The second-order valence-corrected chi connectivity index (χ2v) is 3.94. The molecule has 0 atom stereocenters. The highest BCUT2D eigenvalue weighted by Crippen LogP contribution is 2.10. The summed E-state index contributed by atoms with van der Waals surface area (Å²) in [4.78, 5) is 25.2. The summed E-state index contributed by atoms with van der Waals surface area (Å²) in [6.07, 6.45) is 6.53. The normalized spacial score (nSPS) is 10.3. The Labute approximate surface area is 104 Å². The summed E-state index contributed by atoms with van der Waals surface area (Å²) in [6, 6.07) is 0. The number of carbonyl (C=O) groups is 1. The van der Waals surface area contributed by atoms with Crippen molar-refractivity contribution in [2.75, 3.05) is 11.9 Å². The van der Waals surface area contributed by atoms with E-state index in [1.54, 1.807) is 12.4 Å². The average Bonchev–Trinajstić information content (AvgIpc) is 2.75. The molecule has 0 aliphatic rings. The molecule has 2 N–H and O–H groups in total. The van der Waals surface area contributed by atoms with Crippen molar-refractivity contribution in [1.82, 2.24) is 19.5 Å². The third-order valence-corrected chi connectivity index (χ3v) is 2.56. The summed E-state index contributed by atoms with van der Waals surface area (Å²) in [5, 5.41) is 0. The van der Waals surface area contributed by atoms with Crippen LogP contribution in [0.4, 0.5) is 5.82 Å². The topological polar surface area (TPSA) is 89.9 Å². The number of amides is 1. The van der Waals surface area contributed by atoms with Gasteiger partial charge in [0.05, 0.1) is 18.9 Å². The van der Waals surface area contributed by atoms with Crippen molar-refractivity contribution >= 4 is 11.7 Å². The van der Waals surface area contributed by atoms with Gasteiger partial charge in [0.25, 0.3) is 5.91 Å². The Bertz CT molecular complexity index is 564. The lowest BCUT2D eigenvalue weighted by Gasteiger charge is -2.17. The predicted molar refractivity (Wildman–Crippen MR) is 65.9 cm³/mol. The summed E-state index contributed by atoms with van der Waals surface area (Å²) in [7, 11) is 3.77. The van der Waals surface area contributed by atoms with Crippen LogP contribution in [0.1, 0.15) is 16.3 Å². The van der Waals surface area contributed by atoms with Crippen LogP contribution in [0, 0.1) is 0 Å². The molecule has 0 aliphatic carbocycles. The third kappa shape index (κ3) is 2.45. The van der Waals surface area contributed by atoms with E-state index < -0.39 is 5.91 Å². The molecule has 0 fully saturated rings. The molecular weight excluding hydrogens is 232 g/mol. The van der Waals surface area contributed by atoms with Crippen LogP contribution in [0.2, 0.25) is 0 Å². The molecule has 0 saturated heterocycles. The number of aryl methyl sites for hydroxylation is 1. The van der Waals surface area contributed by atoms with Gasteiger partial charge in [0.2, 0.25) is 0 Å². The second kappa shape index (κ2) is 4.82. The van der Waals surface area contributed by atoms with Crippen LogP contribution in [0.25, 0.3) is 0 Å². The molecule has 0 aromatic carbocycles. The zero-order valence-electron chi connectivity index (χ0n) is 10.2. The number of hydrogen-bond acceptors (Lipinski definition) is 5. The van der Waals surface area contributed by atoms with E-state index in [-0.39, 0.29) is 5.69 Å². The molecule has 0 spiro atoms. The quantitative estimate of drug-likeness (QED) is 0.816. The van der Waals surface area contributed by atoms with Crippen LogP contribution in [0.3, 0.4) is 0 Å². The van der Waals surface area contributed by atoms with Gasteiger partial charge in [-0.05, 0) is 0 Å². The fraction of sp³-hybridized carbons (Fsp3) is 0.273. The Morgan fingerprint density at radius 3 is 2.89 bits per heavy atom. The lowest BCUT2D eigenvalue weighted by molar-refractivity contribution is 0.0995. The van der Waals surface area contributed by atoms with Gasteiger partial charge in [0.1, 0.15) is 17.3 Å². The molecular formula is C11H14N6O. The maximum atomic E-state index is 11.0. The Kier molecular flexibility index (Phi) is 3.22. The van der Waals surface area contributed by atoms with E-state index in [1.807, 2.05) is 29.8 Å². The first-order chi connectivity index (χ1) is 8.58. The van der Waals surface area contributed by atoms with Crippen LogP contribution in [0.15, 0.2) is 24.8 Å². The van der Waals surface area contributed by atoms with Crippen molar-refractivity contribution in [2.24, 2.45) is 12.8 Å². The monoisotopic (exact) mass is 246 g/mol. The molecule has 2 aromatic rings. The number of carbonyl (C=O) groups excluding carboxylic acids is 1. The summed E-state index contributed by atoms with van der Waals surface area (Å²) in [6.45, 7) is 0.570. The van der Waals surface area contributed by atoms with Gasteiger partial charge < -0.3 is 15.2 Å². The number of anilines is 1. The molecule has 2 aromatic heterocycles. The van der Waals surface area contributed by atoms with Crippen molar-refractivity contribution in [3.05, 3.63) is 36.3 Å². The van der Waals surface area contributed by atoms with Crippen molar-refractivity contribution in [3.63, 3.8) is 0 Å². The lowest BCUT2D eigenvalue weighted by Crippen LogP contribution is -2.22. The third-order valence-electron chi connectivity index (χ3n) is 2.56. The summed E-state index contributed by atoms with van der Waals surface area (Å²) in [5.74, 6) is 0.882. The lowest BCUT2D eigenvalue weighted by atomic mass is 10.4. The molecule has 7 heteroatoms. The molecule has 94 valence electrons. The van der Waals surface area contributed by atoms with Crippen LogP contribution in [0.5, 0.6) is 0 Å². The Hall–Kier alpha value is -2.44.